The van der Waals surface area contributed by atoms with Crippen LogP contribution < -0.4 is 0 Å². The van der Waals surface area contributed by atoms with E-state index in [4.69, 9.17) is 4.74 Å². The highest BCUT2D eigenvalue weighted by atomic mass is 16.6. The number of ether oxygens (including phenoxy) is 1. The highest BCUT2D eigenvalue weighted by Crippen LogP contribution is 2.38. The number of carbonyl (C=O) groups excluding carboxylic acids is 1. The SMILES string of the molecule is CC(C)(C)N1CC2(C1)CN(C(C)(C)C)C(=O)O2. The van der Waals surface area contributed by atoms with Crippen molar-refractivity contribution in [3.63, 3.8) is 0 Å². The minimum atomic E-state index is -0.252. The number of nitrogens with zero attached hydrogens (tertiary/aromatic N) is 2. The lowest BCUT2D eigenvalue weighted by Gasteiger charge is -2.52. The van der Waals surface area contributed by atoms with Gasteiger partial charge in [0, 0.05) is 24.2 Å². The quantitative estimate of drug-likeness (QED) is 0.650. The zero-order chi connectivity index (χ0) is 13.1. The Labute approximate surface area is 104 Å². The second-order valence-electron chi connectivity index (χ2n) is 7.33. The lowest BCUT2D eigenvalue weighted by molar-refractivity contribution is -0.111. The van der Waals surface area contributed by atoms with E-state index in [9.17, 15) is 4.79 Å². The Morgan fingerprint density at radius 2 is 1.53 bits per heavy atom. The van der Waals surface area contributed by atoms with E-state index in [2.05, 4.69) is 25.7 Å². The molecule has 1 spiro atoms. The number of hydrogen-bond acceptors (Lipinski definition) is 3. The van der Waals surface area contributed by atoms with Gasteiger partial charge in [-0.2, -0.15) is 0 Å². The molecular formula is C13H24N2O2. The van der Waals surface area contributed by atoms with E-state index in [-0.39, 0.29) is 22.8 Å². The molecule has 0 radical (unpaired) electrons. The third-order valence-corrected chi connectivity index (χ3v) is 3.69. The van der Waals surface area contributed by atoms with Gasteiger partial charge >= 0.3 is 6.09 Å². The third kappa shape index (κ3) is 2.15. The number of likely N-dealkylation sites (tertiary alicyclic amines) is 1. The van der Waals surface area contributed by atoms with Crippen LogP contribution in [-0.2, 0) is 4.74 Å². The molecule has 0 aliphatic carbocycles. The fourth-order valence-electron chi connectivity index (χ4n) is 2.42. The molecular weight excluding hydrogens is 216 g/mol. The molecule has 4 heteroatoms. The summed E-state index contributed by atoms with van der Waals surface area (Å²) in [4.78, 5) is 16.1. The average molecular weight is 240 g/mol. The van der Waals surface area contributed by atoms with Crippen molar-refractivity contribution in [3.8, 4) is 0 Å². The first kappa shape index (κ1) is 12.7. The average Bonchev–Trinajstić information content (AvgIpc) is 2.37. The van der Waals surface area contributed by atoms with Gasteiger partial charge in [0.2, 0.25) is 0 Å². The molecule has 0 saturated carbocycles. The number of hydrogen-bond donors (Lipinski definition) is 0. The molecule has 2 heterocycles. The molecule has 17 heavy (non-hydrogen) atoms. The van der Waals surface area contributed by atoms with Crippen LogP contribution >= 0.6 is 0 Å². The van der Waals surface area contributed by atoms with Gasteiger partial charge in [-0.15, -0.1) is 0 Å². The van der Waals surface area contributed by atoms with E-state index < -0.39 is 0 Å². The first-order chi connectivity index (χ1) is 7.54. The molecule has 0 aromatic rings. The predicted octanol–water partition coefficient (Wildman–Crippen LogP) is 2.09. The van der Waals surface area contributed by atoms with Crippen molar-refractivity contribution in [1.82, 2.24) is 9.80 Å². The molecule has 2 rings (SSSR count). The van der Waals surface area contributed by atoms with Crippen LogP contribution in [0.3, 0.4) is 0 Å². The molecule has 0 unspecified atom stereocenters. The van der Waals surface area contributed by atoms with Crippen LogP contribution in [-0.4, -0.2) is 52.2 Å². The van der Waals surface area contributed by atoms with Gasteiger partial charge in [0.15, 0.2) is 5.60 Å². The summed E-state index contributed by atoms with van der Waals surface area (Å²) in [7, 11) is 0. The normalized spacial score (nSPS) is 25.1. The highest BCUT2D eigenvalue weighted by molar-refractivity contribution is 5.72. The summed E-state index contributed by atoms with van der Waals surface area (Å²) in [5.74, 6) is 0. The van der Waals surface area contributed by atoms with Crippen LogP contribution in [0.25, 0.3) is 0 Å². The van der Waals surface area contributed by atoms with E-state index >= 15 is 0 Å². The van der Waals surface area contributed by atoms with Gasteiger partial charge in [-0.3, -0.25) is 9.80 Å². The van der Waals surface area contributed by atoms with Crippen molar-refractivity contribution in [2.24, 2.45) is 0 Å². The molecule has 2 aliphatic rings. The lowest BCUT2D eigenvalue weighted by Crippen LogP contribution is -2.68. The van der Waals surface area contributed by atoms with Crippen LogP contribution in [0.5, 0.6) is 0 Å². The maximum Gasteiger partial charge on any atom is 0.411 e. The van der Waals surface area contributed by atoms with Crippen molar-refractivity contribution in [3.05, 3.63) is 0 Å². The van der Waals surface area contributed by atoms with Gasteiger partial charge in [-0.05, 0) is 41.5 Å². The first-order valence-corrected chi connectivity index (χ1v) is 6.29. The van der Waals surface area contributed by atoms with Crippen LogP contribution in [0.4, 0.5) is 4.79 Å². The van der Waals surface area contributed by atoms with Crippen LogP contribution in [0.2, 0.25) is 0 Å². The smallest absolute Gasteiger partial charge is 0.411 e. The van der Waals surface area contributed by atoms with E-state index in [0.29, 0.717) is 0 Å². The maximum absolute atomic E-state index is 11.9. The third-order valence-electron chi connectivity index (χ3n) is 3.69. The summed E-state index contributed by atoms with van der Waals surface area (Å²) < 4.78 is 5.59. The predicted molar refractivity (Wildman–Crippen MR) is 67.0 cm³/mol. The highest BCUT2D eigenvalue weighted by Gasteiger charge is 2.57. The fourth-order valence-corrected chi connectivity index (χ4v) is 2.42. The summed E-state index contributed by atoms with van der Waals surface area (Å²) in [6, 6.07) is 0. The Bertz CT molecular complexity index is 332. The number of carbonyl (C=O) groups is 1. The van der Waals surface area contributed by atoms with Crippen LogP contribution in [0, 0.1) is 0 Å². The Balaban J connectivity index is 2.03. The summed E-state index contributed by atoms with van der Waals surface area (Å²) in [5.41, 5.74) is -0.243. The Hall–Kier alpha value is -0.770. The minimum absolute atomic E-state index is 0.150. The number of amides is 1. The van der Waals surface area contributed by atoms with Crippen LogP contribution in [0.15, 0.2) is 0 Å². The van der Waals surface area contributed by atoms with Crippen molar-refractivity contribution < 1.29 is 9.53 Å². The summed E-state index contributed by atoms with van der Waals surface area (Å²) in [6.45, 7) is 15.2. The molecule has 2 aliphatic heterocycles. The Morgan fingerprint density at radius 1 is 1.00 bits per heavy atom. The summed E-state index contributed by atoms with van der Waals surface area (Å²) in [5, 5.41) is 0. The molecule has 98 valence electrons. The van der Waals surface area contributed by atoms with Gasteiger partial charge in [0.1, 0.15) is 0 Å². The van der Waals surface area contributed by atoms with Gasteiger partial charge in [0.05, 0.1) is 6.54 Å². The van der Waals surface area contributed by atoms with Crippen molar-refractivity contribution in [2.75, 3.05) is 19.6 Å². The first-order valence-electron chi connectivity index (χ1n) is 6.29. The van der Waals surface area contributed by atoms with Gasteiger partial charge < -0.3 is 4.74 Å². The number of rotatable bonds is 0. The molecule has 4 nitrogen and oxygen atoms in total. The molecule has 0 aromatic carbocycles. The Morgan fingerprint density at radius 3 is 1.88 bits per heavy atom. The minimum Gasteiger partial charge on any atom is -0.438 e. The monoisotopic (exact) mass is 240 g/mol. The molecule has 0 N–H and O–H groups in total. The second-order valence-corrected chi connectivity index (χ2v) is 7.33. The van der Waals surface area contributed by atoms with E-state index in [1.807, 2.05) is 25.7 Å². The summed E-state index contributed by atoms with van der Waals surface area (Å²) >= 11 is 0. The molecule has 0 atom stereocenters. The van der Waals surface area contributed by atoms with Crippen molar-refractivity contribution >= 4 is 6.09 Å². The van der Waals surface area contributed by atoms with Crippen LogP contribution in [0.1, 0.15) is 41.5 Å². The lowest BCUT2D eigenvalue weighted by atomic mass is 9.87. The standard InChI is InChI=1S/C13H24N2O2/c1-11(2,3)14-7-13(8-14)9-15(10(16)17-13)12(4,5)6/h7-9H2,1-6H3. The topological polar surface area (TPSA) is 32.8 Å². The van der Waals surface area contributed by atoms with Crippen molar-refractivity contribution in [2.45, 2.75) is 58.2 Å². The van der Waals surface area contributed by atoms with Gasteiger partial charge in [0.25, 0.3) is 0 Å². The van der Waals surface area contributed by atoms with E-state index in [1.165, 1.54) is 0 Å². The maximum atomic E-state index is 11.9. The largest absolute Gasteiger partial charge is 0.438 e. The molecule has 0 aromatic heterocycles. The van der Waals surface area contributed by atoms with Gasteiger partial charge in [-0.25, -0.2) is 4.79 Å². The molecule has 1 amide bonds. The second kappa shape index (κ2) is 3.37. The van der Waals surface area contributed by atoms with Gasteiger partial charge in [-0.1, -0.05) is 0 Å². The molecule has 2 saturated heterocycles. The zero-order valence-corrected chi connectivity index (χ0v) is 11.8. The van der Waals surface area contributed by atoms with E-state index in [1.54, 1.807) is 0 Å². The van der Waals surface area contributed by atoms with E-state index in [0.717, 1.165) is 19.6 Å². The Kier molecular flexibility index (Phi) is 2.52. The molecule has 2 fully saturated rings. The summed E-state index contributed by atoms with van der Waals surface area (Å²) in [6.07, 6.45) is -0.161. The van der Waals surface area contributed by atoms with Crippen molar-refractivity contribution in [1.29, 1.82) is 0 Å². The zero-order valence-electron chi connectivity index (χ0n) is 11.8. The molecule has 0 bridgehead atoms. The fraction of sp³-hybridized carbons (Fsp3) is 0.923.